The van der Waals surface area contributed by atoms with Gasteiger partial charge in [-0.1, -0.05) is 11.6 Å². The highest BCUT2D eigenvalue weighted by molar-refractivity contribution is 7.99. The van der Waals surface area contributed by atoms with Gasteiger partial charge in [-0.15, -0.1) is 11.8 Å². The van der Waals surface area contributed by atoms with Crippen molar-refractivity contribution in [3.05, 3.63) is 29.3 Å². The van der Waals surface area contributed by atoms with E-state index in [2.05, 4.69) is 15.6 Å². The second-order valence-corrected chi connectivity index (χ2v) is 7.62. The number of nitrogens with zero attached hydrogens (tertiary/aromatic N) is 2. The number of carbonyl (C=O) groups is 1. The largest absolute Gasteiger partial charge is 0.382 e. The molecule has 0 aliphatic carbocycles. The van der Waals surface area contributed by atoms with Crippen molar-refractivity contribution in [1.29, 1.82) is 0 Å². The van der Waals surface area contributed by atoms with Crippen LogP contribution in [0.5, 0.6) is 0 Å². The number of halogens is 1. The van der Waals surface area contributed by atoms with Gasteiger partial charge in [0, 0.05) is 56.1 Å². The minimum absolute atomic E-state index is 0.0250. The summed E-state index contributed by atoms with van der Waals surface area (Å²) in [5, 5.41) is 7.31. The van der Waals surface area contributed by atoms with Crippen molar-refractivity contribution in [2.75, 3.05) is 52.7 Å². The zero-order chi connectivity index (χ0) is 19.9. The van der Waals surface area contributed by atoms with Crippen LogP contribution >= 0.6 is 23.4 Å². The summed E-state index contributed by atoms with van der Waals surface area (Å²) in [6.45, 7) is 5.19. The number of amides is 1. The highest BCUT2D eigenvalue weighted by atomic mass is 35.5. The summed E-state index contributed by atoms with van der Waals surface area (Å²) in [6, 6.07) is 7.80. The molecule has 1 aromatic rings. The number of hydrogen-bond acceptors (Lipinski definition) is 4. The molecule has 1 aromatic carbocycles. The van der Waals surface area contributed by atoms with Gasteiger partial charge >= 0.3 is 0 Å². The molecule has 0 radical (unpaired) electrons. The smallest absolute Gasteiger partial charge is 0.243 e. The molecule has 0 heterocycles. The highest BCUT2D eigenvalue weighted by Gasteiger charge is 2.04. The summed E-state index contributed by atoms with van der Waals surface area (Å²) in [6.07, 6.45) is 1.99. The molecule has 0 bridgehead atoms. The maximum absolute atomic E-state index is 11.8. The van der Waals surface area contributed by atoms with E-state index in [1.54, 1.807) is 30.8 Å². The van der Waals surface area contributed by atoms with Crippen molar-refractivity contribution in [3.8, 4) is 0 Å². The Hall–Kier alpha value is -1.44. The lowest BCUT2D eigenvalue weighted by atomic mass is 10.3. The van der Waals surface area contributed by atoms with E-state index in [9.17, 15) is 4.79 Å². The molecule has 1 rings (SSSR count). The van der Waals surface area contributed by atoms with Crippen molar-refractivity contribution in [2.45, 2.75) is 24.7 Å². The van der Waals surface area contributed by atoms with Crippen LogP contribution in [-0.2, 0) is 9.53 Å². The Morgan fingerprint density at radius 2 is 1.89 bits per heavy atom. The van der Waals surface area contributed by atoms with Crippen LogP contribution in [0.15, 0.2) is 34.2 Å². The Morgan fingerprint density at radius 3 is 2.56 bits per heavy atom. The maximum atomic E-state index is 11.8. The molecule has 0 aromatic heterocycles. The first kappa shape index (κ1) is 23.6. The van der Waals surface area contributed by atoms with E-state index in [1.807, 2.05) is 31.2 Å². The third kappa shape index (κ3) is 11.8. The van der Waals surface area contributed by atoms with E-state index in [-0.39, 0.29) is 12.5 Å². The average molecular weight is 415 g/mol. The molecular weight excluding hydrogens is 384 g/mol. The van der Waals surface area contributed by atoms with Gasteiger partial charge in [0.25, 0.3) is 0 Å². The van der Waals surface area contributed by atoms with Crippen LogP contribution in [0.2, 0.25) is 5.02 Å². The minimum Gasteiger partial charge on any atom is -0.382 e. The first-order chi connectivity index (χ1) is 13.0. The molecule has 0 saturated heterocycles. The van der Waals surface area contributed by atoms with Gasteiger partial charge in [0.2, 0.25) is 5.91 Å². The summed E-state index contributed by atoms with van der Waals surface area (Å²) in [4.78, 5) is 18.9. The number of guanidine groups is 1. The fraction of sp³-hybridized carbons (Fsp3) is 0.579. The van der Waals surface area contributed by atoms with E-state index >= 15 is 0 Å². The highest BCUT2D eigenvalue weighted by Crippen LogP contribution is 2.19. The molecular formula is C19H31ClN4O2S. The Bertz CT molecular complexity index is 567. The molecule has 2 N–H and O–H groups in total. The number of carbonyl (C=O) groups excluding carboxylic acids is 1. The number of thioether (sulfide) groups is 1. The predicted octanol–water partition coefficient (Wildman–Crippen LogP) is 2.87. The lowest BCUT2D eigenvalue weighted by molar-refractivity contribution is -0.127. The second kappa shape index (κ2) is 14.6. The Kier molecular flexibility index (Phi) is 12.8. The number of likely N-dealkylation sites (N-methyl/N-ethyl adjacent to an activating group) is 1. The fourth-order valence-electron chi connectivity index (χ4n) is 2.01. The first-order valence-electron chi connectivity index (χ1n) is 9.21. The zero-order valence-corrected chi connectivity index (χ0v) is 18.0. The third-order valence-electron chi connectivity index (χ3n) is 3.56. The molecule has 1 amide bonds. The molecule has 0 spiro atoms. The summed E-state index contributed by atoms with van der Waals surface area (Å²) >= 11 is 7.64. The van der Waals surface area contributed by atoms with Gasteiger partial charge in [-0.25, -0.2) is 4.99 Å². The Labute approximate surface area is 172 Å². The number of hydrogen-bond donors (Lipinski definition) is 2. The summed E-state index contributed by atoms with van der Waals surface area (Å²) in [5.74, 6) is 1.52. The van der Waals surface area contributed by atoms with Crippen molar-refractivity contribution in [1.82, 2.24) is 15.5 Å². The molecule has 152 valence electrons. The van der Waals surface area contributed by atoms with Crippen molar-refractivity contribution in [2.24, 2.45) is 4.99 Å². The number of rotatable bonds is 12. The monoisotopic (exact) mass is 414 g/mol. The van der Waals surface area contributed by atoms with Crippen LogP contribution in [0.4, 0.5) is 0 Å². The zero-order valence-electron chi connectivity index (χ0n) is 16.5. The number of aliphatic imine (C=N–C) groups is 1. The van der Waals surface area contributed by atoms with Crippen molar-refractivity contribution >= 4 is 35.2 Å². The van der Waals surface area contributed by atoms with Gasteiger partial charge in [-0.3, -0.25) is 4.79 Å². The van der Waals surface area contributed by atoms with E-state index in [4.69, 9.17) is 16.3 Å². The lowest BCUT2D eigenvalue weighted by Crippen LogP contribution is -2.40. The Balaban J connectivity index is 2.38. The minimum atomic E-state index is -0.0250. The maximum Gasteiger partial charge on any atom is 0.243 e. The van der Waals surface area contributed by atoms with Crippen LogP contribution < -0.4 is 10.6 Å². The van der Waals surface area contributed by atoms with E-state index in [1.165, 1.54) is 4.90 Å². The van der Waals surface area contributed by atoms with Crippen LogP contribution in [-0.4, -0.2) is 69.5 Å². The Morgan fingerprint density at radius 1 is 1.19 bits per heavy atom. The molecule has 0 atom stereocenters. The lowest BCUT2D eigenvalue weighted by Gasteiger charge is -2.14. The quantitative estimate of drug-likeness (QED) is 0.238. The van der Waals surface area contributed by atoms with Crippen LogP contribution in [0.1, 0.15) is 19.8 Å². The first-order valence-corrected chi connectivity index (χ1v) is 10.6. The molecule has 8 heteroatoms. The molecule has 0 aliphatic rings. The molecule has 0 fully saturated rings. The molecule has 6 nitrogen and oxygen atoms in total. The normalized spacial score (nSPS) is 11.3. The van der Waals surface area contributed by atoms with Crippen LogP contribution in [0.3, 0.4) is 0 Å². The molecule has 0 unspecified atom stereocenters. The van der Waals surface area contributed by atoms with Crippen LogP contribution in [0.25, 0.3) is 0 Å². The van der Waals surface area contributed by atoms with Gasteiger partial charge in [0.05, 0.1) is 0 Å². The van der Waals surface area contributed by atoms with Gasteiger partial charge < -0.3 is 20.3 Å². The molecule has 0 saturated carbocycles. The average Bonchev–Trinajstić information content (AvgIpc) is 2.66. The van der Waals surface area contributed by atoms with Crippen molar-refractivity contribution < 1.29 is 9.53 Å². The molecule has 0 aliphatic heterocycles. The van der Waals surface area contributed by atoms with Gasteiger partial charge in [0.15, 0.2) is 5.96 Å². The summed E-state index contributed by atoms with van der Waals surface area (Å²) in [5.41, 5.74) is 0. The van der Waals surface area contributed by atoms with E-state index < -0.39 is 0 Å². The number of nitrogens with one attached hydrogen (secondary N) is 2. The second-order valence-electron chi connectivity index (χ2n) is 6.01. The topological polar surface area (TPSA) is 66.0 Å². The fourth-order valence-corrected chi connectivity index (χ4v) is 2.91. The predicted molar refractivity (Wildman–Crippen MR) is 115 cm³/mol. The SMILES string of the molecule is CCOCCCCNC(=NCC(=O)N(C)C)NCCSc1ccc(Cl)cc1. The summed E-state index contributed by atoms with van der Waals surface area (Å²) < 4.78 is 5.34. The number of ether oxygens (including phenoxy) is 1. The van der Waals surface area contributed by atoms with Crippen LogP contribution in [0, 0.1) is 0 Å². The summed E-state index contributed by atoms with van der Waals surface area (Å²) in [7, 11) is 3.46. The van der Waals surface area contributed by atoms with Gasteiger partial charge in [-0.05, 0) is 44.0 Å². The molecule has 27 heavy (non-hydrogen) atoms. The number of benzene rings is 1. The standard InChI is InChI=1S/C19H31ClN4O2S/c1-4-26-13-6-5-11-21-19(23-15-18(25)24(2)3)22-12-14-27-17-9-7-16(20)8-10-17/h7-10H,4-6,11-15H2,1-3H3,(H2,21,22,23). The van der Waals surface area contributed by atoms with Gasteiger partial charge in [0.1, 0.15) is 6.54 Å². The van der Waals surface area contributed by atoms with E-state index in [0.29, 0.717) is 5.96 Å². The van der Waals surface area contributed by atoms with Gasteiger partial charge in [-0.2, -0.15) is 0 Å². The van der Waals surface area contributed by atoms with Crippen molar-refractivity contribution in [3.63, 3.8) is 0 Å². The third-order valence-corrected chi connectivity index (χ3v) is 4.83. The number of unbranched alkanes of at least 4 members (excludes halogenated alkanes) is 1. The van der Waals surface area contributed by atoms with E-state index in [0.717, 1.165) is 49.9 Å².